The molecule has 18 heavy (non-hydrogen) atoms. The van der Waals surface area contributed by atoms with E-state index >= 15 is 0 Å². The number of hydrogen-bond acceptors (Lipinski definition) is 3. The summed E-state index contributed by atoms with van der Waals surface area (Å²) in [5, 5.41) is 2.89. The van der Waals surface area contributed by atoms with Gasteiger partial charge in [-0.05, 0) is 25.0 Å². The van der Waals surface area contributed by atoms with Crippen LogP contribution in [0.5, 0.6) is 5.75 Å². The van der Waals surface area contributed by atoms with Gasteiger partial charge in [0, 0.05) is 12.2 Å². The fraction of sp³-hybridized carbons (Fsp3) is 0.500. The number of nitrogens with two attached hydrogens (primary N) is 1. The predicted molar refractivity (Wildman–Crippen MR) is 73.8 cm³/mol. The second-order valence-corrected chi connectivity index (χ2v) is 4.38. The maximum Gasteiger partial charge on any atom is 0.257 e. The van der Waals surface area contributed by atoms with Crippen LogP contribution in [-0.4, -0.2) is 19.1 Å². The van der Waals surface area contributed by atoms with E-state index < -0.39 is 0 Å². The number of amides is 1. The van der Waals surface area contributed by atoms with Gasteiger partial charge in [-0.1, -0.05) is 26.3 Å². The smallest absolute Gasteiger partial charge is 0.257 e. The van der Waals surface area contributed by atoms with E-state index in [4.69, 9.17) is 10.5 Å². The van der Waals surface area contributed by atoms with Crippen molar-refractivity contribution < 1.29 is 9.53 Å². The lowest BCUT2D eigenvalue weighted by atomic mass is 10.1. The number of nitrogens with one attached hydrogen (secondary N) is 1. The van der Waals surface area contributed by atoms with E-state index in [1.807, 2.05) is 6.92 Å². The molecule has 100 valence electrons. The molecule has 4 heteroatoms. The number of ether oxygens (including phenoxy) is 1. The molecule has 0 heterocycles. The average Bonchev–Trinajstić information content (AvgIpc) is 2.36. The highest BCUT2D eigenvalue weighted by atomic mass is 16.5. The topological polar surface area (TPSA) is 64.3 Å². The molecule has 1 aromatic rings. The van der Waals surface area contributed by atoms with E-state index in [1.54, 1.807) is 18.2 Å². The van der Waals surface area contributed by atoms with Crippen molar-refractivity contribution in [2.45, 2.75) is 27.2 Å². The molecule has 1 unspecified atom stereocenters. The van der Waals surface area contributed by atoms with Crippen molar-refractivity contribution in [3.8, 4) is 5.75 Å². The van der Waals surface area contributed by atoms with Gasteiger partial charge in [0.25, 0.3) is 5.91 Å². The third-order valence-electron chi connectivity index (χ3n) is 2.89. The molecular formula is C14H22N2O2. The Kier molecular flexibility index (Phi) is 5.49. The van der Waals surface area contributed by atoms with Crippen LogP contribution < -0.4 is 15.8 Å². The molecule has 0 bridgehead atoms. The zero-order valence-electron chi connectivity index (χ0n) is 11.3. The Bertz CT molecular complexity index is 405. The number of anilines is 1. The lowest BCUT2D eigenvalue weighted by molar-refractivity contribution is 0.0945. The summed E-state index contributed by atoms with van der Waals surface area (Å²) in [6.07, 6.45) is 1.03. The number of rotatable bonds is 6. The van der Waals surface area contributed by atoms with Crippen molar-refractivity contribution in [3.05, 3.63) is 23.8 Å². The highest BCUT2D eigenvalue weighted by Gasteiger charge is 2.16. The van der Waals surface area contributed by atoms with Crippen molar-refractivity contribution in [2.75, 3.05) is 18.9 Å². The second kappa shape index (κ2) is 6.89. The van der Waals surface area contributed by atoms with Crippen LogP contribution in [-0.2, 0) is 0 Å². The van der Waals surface area contributed by atoms with Crippen LogP contribution in [0.4, 0.5) is 5.69 Å². The Labute approximate surface area is 109 Å². The minimum Gasteiger partial charge on any atom is -0.493 e. The van der Waals surface area contributed by atoms with Crippen LogP contribution in [0.2, 0.25) is 0 Å². The van der Waals surface area contributed by atoms with Gasteiger partial charge in [-0.25, -0.2) is 0 Å². The van der Waals surface area contributed by atoms with E-state index in [0.29, 0.717) is 36.1 Å². The summed E-state index contributed by atoms with van der Waals surface area (Å²) in [5.41, 5.74) is 6.73. The van der Waals surface area contributed by atoms with Gasteiger partial charge in [0.05, 0.1) is 6.61 Å². The molecule has 1 aromatic carbocycles. The van der Waals surface area contributed by atoms with Crippen LogP contribution in [0.15, 0.2) is 18.2 Å². The van der Waals surface area contributed by atoms with Gasteiger partial charge < -0.3 is 15.8 Å². The molecule has 0 aliphatic rings. The summed E-state index contributed by atoms with van der Waals surface area (Å²) < 4.78 is 5.43. The maximum atomic E-state index is 12.1. The molecule has 1 atom stereocenters. The quantitative estimate of drug-likeness (QED) is 0.762. The number of nitrogen functional groups attached to an aromatic ring is 1. The molecule has 0 saturated carbocycles. The normalized spacial score (nSPS) is 11.9. The monoisotopic (exact) mass is 250 g/mol. The van der Waals surface area contributed by atoms with Crippen LogP contribution in [0, 0.1) is 5.92 Å². The summed E-state index contributed by atoms with van der Waals surface area (Å²) in [5.74, 6) is 0.824. The van der Waals surface area contributed by atoms with E-state index in [0.717, 1.165) is 6.42 Å². The van der Waals surface area contributed by atoms with Crippen molar-refractivity contribution in [1.82, 2.24) is 5.32 Å². The van der Waals surface area contributed by atoms with Gasteiger partial charge >= 0.3 is 0 Å². The lowest BCUT2D eigenvalue weighted by Crippen LogP contribution is -2.29. The highest BCUT2D eigenvalue weighted by molar-refractivity contribution is 6.01. The van der Waals surface area contributed by atoms with Crippen molar-refractivity contribution in [3.63, 3.8) is 0 Å². The number of carbonyl (C=O) groups is 1. The minimum absolute atomic E-state index is 0.170. The van der Waals surface area contributed by atoms with Gasteiger partial charge in [0.1, 0.15) is 11.3 Å². The van der Waals surface area contributed by atoms with Crippen LogP contribution in [0.25, 0.3) is 0 Å². The maximum absolute atomic E-state index is 12.1. The Hall–Kier alpha value is -1.71. The van der Waals surface area contributed by atoms with E-state index in [2.05, 4.69) is 19.2 Å². The molecule has 0 aromatic heterocycles. The summed E-state index contributed by atoms with van der Waals surface area (Å²) in [6, 6.07) is 5.25. The summed E-state index contributed by atoms with van der Waals surface area (Å²) in [6.45, 7) is 7.23. The van der Waals surface area contributed by atoms with Crippen molar-refractivity contribution in [2.24, 2.45) is 5.92 Å². The fourth-order valence-corrected chi connectivity index (χ4v) is 1.57. The zero-order valence-corrected chi connectivity index (χ0v) is 11.3. The number of benzene rings is 1. The standard InChI is InChI=1S/C14H22N2O2/c1-4-10(3)9-16-14(17)13-11(15)7-6-8-12(13)18-5-2/h6-8,10H,4-5,9,15H2,1-3H3,(H,16,17). The van der Waals surface area contributed by atoms with Crippen molar-refractivity contribution >= 4 is 11.6 Å². The minimum atomic E-state index is -0.170. The largest absolute Gasteiger partial charge is 0.493 e. The zero-order chi connectivity index (χ0) is 13.5. The second-order valence-electron chi connectivity index (χ2n) is 4.38. The first-order chi connectivity index (χ1) is 8.60. The highest BCUT2D eigenvalue weighted by Crippen LogP contribution is 2.24. The Balaban J connectivity index is 2.83. The van der Waals surface area contributed by atoms with Gasteiger partial charge in [-0.15, -0.1) is 0 Å². The number of hydrogen-bond donors (Lipinski definition) is 2. The third-order valence-corrected chi connectivity index (χ3v) is 2.89. The van der Waals surface area contributed by atoms with E-state index in [1.165, 1.54) is 0 Å². The Morgan fingerprint density at radius 1 is 1.44 bits per heavy atom. The molecule has 0 saturated heterocycles. The first-order valence-corrected chi connectivity index (χ1v) is 6.39. The Morgan fingerprint density at radius 3 is 2.78 bits per heavy atom. The first kappa shape index (κ1) is 14.4. The molecule has 0 spiro atoms. The summed E-state index contributed by atoms with van der Waals surface area (Å²) in [7, 11) is 0. The molecular weight excluding hydrogens is 228 g/mol. The molecule has 3 N–H and O–H groups in total. The van der Waals surface area contributed by atoms with Crippen molar-refractivity contribution in [1.29, 1.82) is 0 Å². The van der Waals surface area contributed by atoms with Gasteiger partial charge in [0.15, 0.2) is 0 Å². The van der Waals surface area contributed by atoms with Gasteiger partial charge in [-0.3, -0.25) is 4.79 Å². The van der Waals surface area contributed by atoms with E-state index in [-0.39, 0.29) is 5.91 Å². The van der Waals surface area contributed by atoms with E-state index in [9.17, 15) is 4.79 Å². The molecule has 0 aliphatic heterocycles. The number of carbonyl (C=O) groups excluding carboxylic acids is 1. The molecule has 1 rings (SSSR count). The third kappa shape index (κ3) is 3.65. The average molecular weight is 250 g/mol. The molecule has 1 amide bonds. The molecule has 0 fully saturated rings. The molecule has 0 aliphatic carbocycles. The molecule has 0 radical (unpaired) electrons. The van der Waals surface area contributed by atoms with Gasteiger partial charge in [-0.2, -0.15) is 0 Å². The Morgan fingerprint density at radius 2 is 2.17 bits per heavy atom. The lowest BCUT2D eigenvalue weighted by Gasteiger charge is -2.14. The summed E-state index contributed by atoms with van der Waals surface area (Å²) in [4.78, 5) is 12.1. The fourth-order valence-electron chi connectivity index (χ4n) is 1.57. The van der Waals surface area contributed by atoms with Crippen LogP contribution in [0.3, 0.4) is 0 Å². The van der Waals surface area contributed by atoms with Crippen LogP contribution in [0.1, 0.15) is 37.6 Å². The molecule has 4 nitrogen and oxygen atoms in total. The first-order valence-electron chi connectivity index (χ1n) is 6.39. The summed E-state index contributed by atoms with van der Waals surface area (Å²) >= 11 is 0. The van der Waals surface area contributed by atoms with Gasteiger partial charge in [0.2, 0.25) is 0 Å². The SMILES string of the molecule is CCOc1cccc(N)c1C(=O)NCC(C)CC. The predicted octanol–water partition coefficient (Wildman–Crippen LogP) is 2.44. The van der Waals surface area contributed by atoms with Crippen LogP contribution >= 0.6 is 0 Å².